The molecule has 4 atom stereocenters. The third kappa shape index (κ3) is 2.24. The molecule has 17 heavy (non-hydrogen) atoms. The number of carbonyl (C=O) groups is 2. The number of ketones is 1. The zero-order chi connectivity index (χ0) is 12.8. The fourth-order valence-corrected chi connectivity index (χ4v) is 3.72. The number of carbonyl (C=O) groups excluding carboxylic acids is 1. The van der Waals surface area contributed by atoms with E-state index in [2.05, 4.69) is 20.8 Å². The average Bonchev–Trinajstić information content (AvgIpc) is 2.14. The lowest BCUT2D eigenvalue weighted by atomic mass is 9.57. The fraction of sp³-hybridized carbons (Fsp3) is 0.857. The molecule has 3 nitrogen and oxygen atoms in total. The number of rotatable bonds is 1. The van der Waals surface area contributed by atoms with E-state index in [-0.39, 0.29) is 23.2 Å². The summed E-state index contributed by atoms with van der Waals surface area (Å²) in [6, 6.07) is 0. The molecule has 0 unspecified atom stereocenters. The second-order valence-electron chi connectivity index (χ2n) is 6.76. The summed E-state index contributed by atoms with van der Waals surface area (Å²) in [6.07, 6.45) is 3.10. The van der Waals surface area contributed by atoms with Gasteiger partial charge in [-0.2, -0.15) is 0 Å². The van der Waals surface area contributed by atoms with Crippen molar-refractivity contribution < 1.29 is 14.7 Å². The summed E-state index contributed by atoms with van der Waals surface area (Å²) in [6.45, 7) is 6.49. The highest BCUT2D eigenvalue weighted by Gasteiger charge is 2.48. The molecule has 0 radical (unpaired) electrons. The van der Waals surface area contributed by atoms with Crippen molar-refractivity contribution in [2.24, 2.45) is 29.1 Å². The SMILES string of the molecule is CC(C)(C)[C@H]1CC[C@H]2C[C@H](C(=O)O)C[C@@H]1C2=O. The normalized spacial score (nSPS) is 37.9. The second-order valence-corrected chi connectivity index (χ2v) is 6.76. The van der Waals surface area contributed by atoms with E-state index in [4.69, 9.17) is 5.11 Å². The van der Waals surface area contributed by atoms with Crippen LogP contribution in [0.5, 0.6) is 0 Å². The van der Waals surface area contributed by atoms with Gasteiger partial charge in [0.05, 0.1) is 5.92 Å². The van der Waals surface area contributed by atoms with Crippen LogP contribution in [0.1, 0.15) is 46.5 Å². The first-order chi connectivity index (χ1) is 7.80. The summed E-state index contributed by atoms with van der Waals surface area (Å²) < 4.78 is 0. The van der Waals surface area contributed by atoms with E-state index in [1.165, 1.54) is 0 Å². The van der Waals surface area contributed by atoms with Gasteiger partial charge >= 0.3 is 5.97 Å². The number of carboxylic acid groups (broad SMARTS) is 1. The Kier molecular flexibility index (Phi) is 3.04. The van der Waals surface area contributed by atoms with Gasteiger partial charge in [0.2, 0.25) is 0 Å². The van der Waals surface area contributed by atoms with Crippen LogP contribution in [0, 0.1) is 29.1 Å². The molecule has 3 heteroatoms. The minimum Gasteiger partial charge on any atom is -0.481 e. The molecule has 2 fully saturated rings. The number of aliphatic carboxylic acids is 1. The van der Waals surface area contributed by atoms with Gasteiger partial charge in [0, 0.05) is 11.8 Å². The zero-order valence-corrected chi connectivity index (χ0v) is 10.9. The lowest BCUT2D eigenvalue weighted by Gasteiger charge is -2.46. The summed E-state index contributed by atoms with van der Waals surface area (Å²) in [4.78, 5) is 23.4. The smallest absolute Gasteiger partial charge is 0.306 e. The Balaban J connectivity index is 2.22. The van der Waals surface area contributed by atoms with Crippen molar-refractivity contribution in [2.75, 3.05) is 0 Å². The van der Waals surface area contributed by atoms with Gasteiger partial charge in [0.15, 0.2) is 0 Å². The van der Waals surface area contributed by atoms with Gasteiger partial charge in [-0.05, 0) is 37.0 Å². The molecule has 2 rings (SSSR count). The molecule has 2 bridgehead atoms. The first kappa shape index (κ1) is 12.6. The third-order valence-electron chi connectivity index (χ3n) is 4.65. The maximum atomic E-state index is 12.2. The standard InChI is InChI=1S/C14H22O3/c1-14(2,3)11-5-4-8-6-9(13(16)17)7-10(11)12(8)15/h8-11H,4-7H2,1-3H3,(H,16,17)/t8-,9-,10-,11-/m0/s1. The topological polar surface area (TPSA) is 54.4 Å². The molecule has 2 saturated carbocycles. The van der Waals surface area contributed by atoms with E-state index in [1.54, 1.807) is 0 Å². The van der Waals surface area contributed by atoms with E-state index < -0.39 is 5.97 Å². The molecule has 2 aliphatic carbocycles. The Morgan fingerprint density at radius 2 is 1.88 bits per heavy atom. The lowest BCUT2D eigenvalue weighted by Crippen LogP contribution is -2.46. The molecular weight excluding hydrogens is 216 g/mol. The molecule has 0 aromatic heterocycles. The van der Waals surface area contributed by atoms with Gasteiger partial charge in [-0.15, -0.1) is 0 Å². The van der Waals surface area contributed by atoms with Crippen LogP contribution < -0.4 is 0 Å². The van der Waals surface area contributed by atoms with Crippen LogP contribution in [-0.2, 0) is 9.59 Å². The van der Waals surface area contributed by atoms with E-state index in [0.717, 1.165) is 12.8 Å². The van der Waals surface area contributed by atoms with Crippen LogP contribution in [0.3, 0.4) is 0 Å². The molecule has 0 amide bonds. The lowest BCUT2D eigenvalue weighted by molar-refractivity contribution is -0.151. The van der Waals surface area contributed by atoms with Crippen LogP contribution in [0.2, 0.25) is 0 Å². The van der Waals surface area contributed by atoms with Crippen LogP contribution in [0.4, 0.5) is 0 Å². The molecule has 0 aromatic carbocycles. The summed E-state index contributed by atoms with van der Waals surface area (Å²) in [5.74, 6) is -0.311. The van der Waals surface area contributed by atoms with Gasteiger partial charge in [0.1, 0.15) is 5.78 Å². The van der Waals surface area contributed by atoms with Crippen LogP contribution in [-0.4, -0.2) is 16.9 Å². The summed E-state index contributed by atoms with van der Waals surface area (Å²) in [5.41, 5.74) is 0.103. The summed E-state index contributed by atoms with van der Waals surface area (Å²) >= 11 is 0. The maximum absolute atomic E-state index is 12.2. The molecule has 1 N–H and O–H groups in total. The van der Waals surface area contributed by atoms with Gasteiger partial charge < -0.3 is 5.11 Å². The minimum absolute atomic E-state index is 0.0106. The average molecular weight is 238 g/mol. The Bertz CT molecular complexity index is 340. The van der Waals surface area contributed by atoms with E-state index in [9.17, 15) is 9.59 Å². The van der Waals surface area contributed by atoms with Crippen molar-refractivity contribution in [1.82, 2.24) is 0 Å². The number of carboxylic acids is 1. The van der Waals surface area contributed by atoms with Crippen molar-refractivity contribution in [2.45, 2.75) is 46.5 Å². The Morgan fingerprint density at radius 1 is 1.24 bits per heavy atom. The zero-order valence-electron chi connectivity index (χ0n) is 10.9. The van der Waals surface area contributed by atoms with Crippen molar-refractivity contribution >= 4 is 11.8 Å². The van der Waals surface area contributed by atoms with Crippen molar-refractivity contribution in [3.63, 3.8) is 0 Å². The van der Waals surface area contributed by atoms with E-state index in [1.807, 2.05) is 0 Å². The van der Waals surface area contributed by atoms with E-state index >= 15 is 0 Å². The quantitative estimate of drug-likeness (QED) is 0.764. The third-order valence-corrected chi connectivity index (χ3v) is 4.65. The Hall–Kier alpha value is -0.860. The monoisotopic (exact) mass is 238 g/mol. The molecule has 0 aliphatic heterocycles. The maximum Gasteiger partial charge on any atom is 0.306 e. The van der Waals surface area contributed by atoms with Gasteiger partial charge in [-0.1, -0.05) is 20.8 Å². The van der Waals surface area contributed by atoms with Gasteiger partial charge in [-0.25, -0.2) is 0 Å². The summed E-state index contributed by atoms with van der Waals surface area (Å²) in [5, 5.41) is 9.16. The van der Waals surface area contributed by atoms with E-state index in [0.29, 0.717) is 24.5 Å². The number of Topliss-reactive ketones (excluding diaryl/α,β-unsaturated/α-hetero) is 1. The molecule has 2 aliphatic rings. The number of hydrogen-bond acceptors (Lipinski definition) is 2. The number of fused-ring (bicyclic) bond motifs is 2. The minimum atomic E-state index is -0.720. The largest absolute Gasteiger partial charge is 0.481 e. The predicted octanol–water partition coefficient (Wildman–Crippen LogP) is 2.74. The van der Waals surface area contributed by atoms with Crippen LogP contribution >= 0.6 is 0 Å². The molecular formula is C14H22O3. The Morgan fingerprint density at radius 3 is 2.41 bits per heavy atom. The fourth-order valence-electron chi connectivity index (χ4n) is 3.72. The van der Waals surface area contributed by atoms with Crippen LogP contribution in [0.25, 0.3) is 0 Å². The molecule has 96 valence electrons. The van der Waals surface area contributed by atoms with Crippen molar-refractivity contribution in [3.05, 3.63) is 0 Å². The molecule has 0 heterocycles. The number of hydrogen-bond donors (Lipinski definition) is 1. The predicted molar refractivity (Wildman–Crippen MR) is 64.5 cm³/mol. The molecule has 0 aromatic rings. The van der Waals surface area contributed by atoms with Crippen LogP contribution in [0.15, 0.2) is 0 Å². The first-order valence-corrected chi connectivity index (χ1v) is 6.57. The highest BCUT2D eigenvalue weighted by molar-refractivity contribution is 5.87. The molecule has 0 spiro atoms. The second kappa shape index (κ2) is 4.11. The van der Waals surface area contributed by atoms with Crippen molar-refractivity contribution in [1.29, 1.82) is 0 Å². The highest BCUT2D eigenvalue weighted by Crippen LogP contribution is 2.49. The summed E-state index contributed by atoms with van der Waals surface area (Å²) in [7, 11) is 0. The first-order valence-electron chi connectivity index (χ1n) is 6.57. The van der Waals surface area contributed by atoms with Crippen molar-refractivity contribution in [3.8, 4) is 0 Å². The Labute approximate surface area is 103 Å². The molecule has 0 saturated heterocycles. The highest BCUT2D eigenvalue weighted by atomic mass is 16.4. The van der Waals surface area contributed by atoms with Gasteiger partial charge in [-0.3, -0.25) is 9.59 Å². The van der Waals surface area contributed by atoms with Gasteiger partial charge in [0.25, 0.3) is 0 Å².